The smallest absolute Gasteiger partial charge is 0.429 e. The maximum absolute atomic E-state index is 12.8. The van der Waals surface area contributed by atoms with E-state index in [4.69, 9.17) is 5.11 Å². The Kier molecular flexibility index (Phi) is 5.15. The highest BCUT2D eigenvalue weighted by atomic mass is 35.5. The molecule has 2 atom stereocenters. The fourth-order valence-corrected chi connectivity index (χ4v) is 1.41. The summed E-state index contributed by atoms with van der Waals surface area (Å²) in [6.07, 6.45) is -8.98. The fourth-order valence-electron chi connectivity index (χ4n) is 1.37. The van der Waals surface area contributed by atoms with Gasteiger partial charge in [0.15, 0.2) is 0 Å². The Hall–Kier alpha value is -1.15. The molecule has 0 saturated heterocycles. The van der Waals surface area contributed by atoms with Gasteiger partial charge in [-0.2, -0.15) is 22.0 Å². The normalized spacial score (nSPS) is 15.8. The summed E-state index contributed by atoms with van der Waals surface area (Å²) in [5, 5.41) is 8.71. The quantitative estimate of drug-likeness (QED) is 0.659. The van der Waals surface area contributed by atoms with Gasteiger partial charge in [-0.05, 0) is 17.7 Å². The van der Waals surface area contributed by atoms with Gasteiger partial charge in [-0.3, -0.25) is 0 Å². The summed E-state index contributed by atoms with van der Waals surface area (Å²) >= 11 is 4.56. The van der Waals surface area contributed by atoms with E-state index >= 15 is 0 Å². The van der Waals surface area contributed by atoms with E-state index in [-0.39, 0.29) is 5.56 Å². The second-order valence-electron chi connectivity index (χ2n) is 3.81. The van der Waals surface area contributed by atoms with Crippen LogP contribution in [0.25, 0.3) is 0 Å². The summed E-state index contributed by atoms with van der Waals surface area (Å²) in [6.45, 7) is -1.19. The maximum Gasteiger partial charge on any atom is 0.444 e. The summed E-state index contributed by atoms with van der Waals surface area (Å²) in [6, 6.07) is 3.30. The Morgan fingerprint density at radius 2 is 1.60 bits per heavy atom. The van der Waals surface area contributed by atoms with Crippen LogP contribution >= 0.6 is 11.6 Å². The van der Waals surface area contributed by atoms with Crippen LogP contribution in [-0.2, 0) is 0 Å². The van der Waals surface area contributed by atoms with E-state index in [2.05, 4.69) is 16.3 Å². The Balaban J connectivity index is 2.89. The molecule has 0 aromatic heterocycles. The highest BCUT2D eigenvalue weighted by molar-refractivity contribution is 6.20. The molecular formula is C11H9ClF6O2. The first-order valence-corrected chi connectivity index (χ1v) is 5.64. The molecule has 20 heavy (non-hydrogen) atoms. The monoisotopic (exact) mass is 322 g/mol. The molecular weight excluding hydrogens is 314 g/mol. The second-order valence-corrected chi connectivity index (χ2v) is 4.19. The van der Waals surface area contributed by atoms with E-state index < -0.39 is 36.2 Å². The predicted octanol–water partition coefficient (Wildman–Crippen LogP) is 3.83. The summed E-state index contributed by atoms with van der Waals surface area (Å²) in [4.78, 5) is 0. The average molecular weight is 323 g/mol. The number of aliphatic hydroxyl groups is 1. The first kappa shape index (κ1) is 16.9. The van der Waals surface area contributed by atoms with Crippen LogP contribution in [0.15, 0.2) is 24.3 Å². The SMILES string of the molecule is OCC(c1ccc(OC(F)(F)C(F)Cl)cc1)C(F)(F)F. The molecule has 9 heteroatoms. The Bertz CT molecular complexity index is 432. The van der Waals surface area contributed by atoms with Gasteiger partial charge < -0.3 is 9.84 Å². The van der Waals surface area contributed by atoms with E-state index in [1.165, 1.54) is 0 Å². The van der Waals surface area contributed by atoms with E-state index in [9.17, 15) is 26.3 Å². The standard InChI is InChI=1S/C11H9ClF6O2/c12-9(13)11(17,18)20-7-3-1-6(2-4-7)8(5-19)10(14,15)16/h1-4,8-9,19H,5H2. The van der Waals surface area contributed by atoms with Gasteiger partial charge in [-0.15, -0.1) is 0 Å². The van der Waals surface area contributed by atoms with Crippen molar-refractivity contribution >= 4 is 11.6 Å². The zero-order chi connectivity index (χ0) is 15.6. The van der Waals surface area contributed by atoms with Crippen molar-refractivity contribution in [2.24, 2.45) is 0 Å². The minimum atomic E-state index is -4.68. The molecule has 0 amide bonds. The first-order chi connectivity index (χ1) is 9.08. The average Bonchev–Trinajstić information content (AvgIpc) is 2.30. The van der Waals surface area contributed by atoms with Crippen LogP contribution in [0.1, 0.15) is 11.5 Å². The number of benzene rings is 1. The van der Waals surface area contributed by atoms with Gasteiger partial charge in [0.1, 0.15) is 11.7 Å². The largest absolute Gasteiger partial charge is 0.444 e. The molecule has 2 unspecified atom stereocenters. The number of aliphatic hydroxyl groups excluding tert-OH is 1. The summed E-state index contributed by atoms with van der Waals surface area (Å²) in [7, 11) is 0. The number of hydrogen-bond acceptors (Lipinski definition) is 2. The van der Waals surface area contributed by atoms with Gasteiger partial charge in [0.05, 0.1) is 6.61 Å². The van der Waals surface area contributed by atoms with Crippen LogP contribution in [0.3, 0.4) is 0 Å². The summed E-state index contributed by atoms with van der Waals surface area (Å²) in [5.74, 6) is -2.69. The fraction of sp³-hybridized carbons (Fsp3) is 0.455. The van der Waals surface area contributed by atoms with Gasteiger partial charge in [0.2, 0.25) is 0 Å². The van der Waals surface area contributed by atoms with Gasteiger partial charge in [-0.25, -0.2) is 4.39 Å². The first-order valence-electron chi connectivity index (χ1n) is 5.20. The highest BCUT2D eigenvalue weighted by Gasteiger charge is 2.42. The van der Waals surface area contributed by atoms with Crippen LogP contribution in [-0.4, -0.2) is 29.6 Å². The van der Waals surface area contributed by atoms with Crippen molar-refractivity contribution < 1.29 is 36.2 Å². The third-order valence-corrected chi connectivity index (χ3v) is 2.62. The van der Waals surface area contributed by atoms with Crippen molar-refractivity contribution in [2.75, 3.05) is 6.61 Å². The summed E-state index contributed by atoms with van der Waals surface area (Å²) < 4.78 is 79.3. The third-order valence-electron chi connectivity index (χ3n) is 2.37. The number of alkyl halides is 7. The van der Waals surface area contributed by atoms with Crippen molar-refractivity contribution in [1.82, 2.24) is 0 Å². The van der Waals surface area contributed by atoms with Gasteiger partial charge in [-0.1, -0.05) is 23.7 Å². The predicted molar refractivity (Wildman–Crippen MR) is 58.6 cm³/mol. The molecule has 1 aromatic rings. The van der Waals surface area contributed by atoms with Crippen LogP contribution in [0.4, 0.5) is 26.3 Å². The topological polar surface area (TPSA) is 29.5 Å². The van der Waals surface area contributed by atoms with E-state index in [1.807, 2.05) is 0 Å². The van der Waals surface area contributed by atoms with E-state index in [1.54, 1.807) is 0 Å². The maximum atomic E-state index is 12.8. The molecule has 0 saturated carbocycles. The Morgan fingerprint density at radius 1 is 1.10 bits per heavy atom. The lowest BCUT2D eigenvalue weighted by atomic mass is 9.99. The lowest BCUT2D eigenvalue weighted by molar-refractivity contribution is -0.199. The number of rotatable bonds is 5. The zero-order valence-corrected chi connectivity index (χ0v) is 10.4. The van der Waals surface area contributed by atoms with Crippen molar-refractivity contribution in [3.8, 4) is 5.75 Å². The molecule has 0 aliphatic carbocycles. The molecule has 0 spiro atoms. The number of ether oxygens (including phenoxy) is 1. The Morgan fingerprint density at radius 3 is 1.95 bits per heavy atom. The van der Waals surface area contributed by atoms with Crippen molar-refractivity contribution in [2.45, 2.75) is 23.8 Å². The van der Waals surface area contributed by atoms with E-state index in [0.29, 0.717) is 0 Å². The van der Waals surface area contributed by atoms with Crippen LogP contribution in [0, 0.1) is 0 Å². The second kappa shape index (κ2) is 6.09. The number of halogens is 7. The molecule has 0 fully saturated rings. The van der Waals surface area contributed by atoms with Gasteiger partial charge in [0, 0.05) is 0 Å². The van der Waals surface area contributed by atoms with Crippen molar-refractivity contribution in [1.29, 1.82) is 0 Å². The third kappa shape index (κ3) is 4.17. The molecule has 0 radical (unpaired) electrons. The molecule has 0 aliphatic heterocycles. The molecule has 0 bridgehead atoms. The molecule has 0 heterocycles. The van der Waals surface area contributed by atoms with Gasteiger partial charge >= 0.3 is 12.3 Å². The minimum Gasteiger partial charge on any atom is -0.429 e. The lowest BCUT2D eigenvalue weighted by Crippen LogP contribution is -2.32. The molecule has 2 nitrogen and oxygen atoms in total. The van der Waals surface area contributed by atoms with E-state index in [0.717, 1.165) is 24.3 Å². The lowest BCUT2D eigenvalue weighted by Gasteiger charge is -2.20. The molecule has 1 rings (SSSR count). The minimum absolute atomic E-state index is 0.335. The molecule has 1 aromatic carbocycles. The van der Waals surface area contributed by atoms with Crippen LogP contribution in [0.5, 0.6) is 5.75 Å². The van der Waals surface area contributed by atoms with Crippen molar-refractivity contribution in [3.05, 3.63) is 29.8 Å². The highest BCUT2D eigenvalue weighted by Crippen LogP contribution is 2.35. The number of hydrogen-bond donors (Lipinski definition) is 1. The Labute approximate surface area is 114 Å². The van der Waals surface area contributed by atoms with Gasteiger partial charge in [0.25, 0.3) is 5.63 Å². The van der Waals surface area contributed by atoms with Crippen LogP contribution < -0.4 is 4.74 Å². The van der Waals surface area contributed by atoms with Crippen LogP contribution in [0.2, 0.25) is 0 Å². The molecule has 0 aliphatic rings. The summed E-state index contributed by atoms with van der Waals surface area (Å²) in [5.41, 5.74) is -3.43. The molecule has 1 N–H and O–H groups in total. The molecule has 114 valence electrons. The van der Waals surface area contributed by atoms with Crippen molar-refractivity contribution in [3.63, 3.8) is 0 Å². The zero-order valence-electron chi connectivity index (χ0n) is 9.67.